The number of sulfone groups is 1. The van der Waals surface area contributed by atoms with E-state index < -0.39 is 15.1 Å². The Morgan fingerprint density at radius 2 is 1.63 bits per heavy atom. The van der Waals surface area contributed by atoms with Crippen LogP contribution in [0.4, 0.5) is 44.9 Å². The minimum absolute atomic E-state index is 0.0778. The number of carbonyl (C=O) groups is 1. The molecule has 73 heavy (non-hydrogen) atoms. The molecule has 19 heteroatoms. The fourth-order valence-corrected chi connectivity index (χ4v) is 11.3. The zero-order valence-corrected chi connectivity index (χ0v) is 44.5. The van der Waals surface area contributed by atoms with Crippen molar-refractivity contribution >= 4 is 67.8 Å². The number of anilines is 7. The number of rotatable bonds is 21. The topological polar surface area (TPSA) is 173 Å². The zero-order chi connectivity index (χ0) is 51.5. The molecule has 0 saturated carbocycles. The van der Waals surface area contributed by atoms with E-state index in [1.54, 1.807) is 56.6 Å². The summed E-state index contributed by atoms with van der Waals surface area (Å²) in [6.07, 6.45) is 10.1. The van der Waals surface area contributed by atoms with Crippen LogP contribution >= 0.6 is 11.6 Å². The molecule has 3 saturated heterocycles. The van der Waals surface area contributed by atoms with Gasteiger partial charge in [-0.2, -0.15) is 4.98 Å². The standard InChI is InChI=1S/C54H72ClFN12O4S/c1-37(2)72-48-31-44(39(5)29-47(48)63-54-58-33-45(55)53(64-54)62-46-16-7-8-17-49(46)73(70,71)38(3)4)40-18-23-66(24-19-40)35-52(69)57-20-9-6-10-21-65-25-27-67(28-26-65)51-32-50(59-36-60-51)61-42-14-12-22-68(34-42)43-15-11-13-41(56)30-43/h7-8,11,13,15-17,29-33,36-38,40,42H,6,9-10,12,14,18-28,34-35H2,1-5H3,(H,57,69)(H,59,60,61)(H2,58,62,63,64)/t42-/m1/s1. The third-order valence-electron chi connectivity index (χ3n) is 14.0. The van der Waals surface area contributed by atoms with E-state index in [0.717, 1.165) is 127 Å². The number of piperazine rings is 1. The number of benzene rings is 3. The molecule has 3 aliphatic heterocycles. The van der Waals surface area contributed by atoms with Gasteiger partial charge in [-0.1, -0.05) is 36.2 Å². The minimum atomic E-state index is -3.58. The van der Waals surface area contributed by atoms with E-state index in [2.05, 4.69) is 85.9 Å². The lowest BCUT2D eigenvalue weighted by Gasteiger charge is -2.36. The molecule has 3 aliphatic rings. The predicted octanol–water partition coefficient (Wildman–Crippen LogP) is 9.19. The number of unbranched alkanes of at least 4 members (excludes halogenated alkanes) is 2. The number of aromatic nitrogens is 4. The fourth-order valence-electron chi connectivity index (χ4n) is 9.96. The van der Waals surface area contributed by atoms with E-state index >= 15 is 0 Å². The Morgan fingerprint density at radius 3 is 2.40 bits per heavy atom. The van der Waals surface area contributed by atoms with Crippen LogP contribution in [0.3, 0.4) is 0 Å². The highest BCUT2D eigenvalue weighted by molar-refractivity contribution is 7.92. The summed E-state index contributed by atoms with van der Waals surface area (Å²) in [6.45, 7) is 18.7. The lowest BCUT2D eigenvalue weighted by atomic mass is 9.86. The van der Waals surface area contributed by atoms with Crippen molar-refractivity contribution in [2.75, 3.05) is 97.7 Å². The Labute approximate surface area is 435 Å². The van der Waals surface area contributed by atoms with Gasteiger partial charge in [0.15, 0.2) is 15.7 Å². The summed E-state index contributed by atoms with van der Waals surface area (Å²) in [7, 11) is -3.58. The molecule has 3 aromatic carbocycles. The smallest absolute Gasteiger partial charge is 0.234 e. The van der Waals surface area contributed by atoms with Gasteiger partial charge in [-0.3, -0.25) is 14.6 Å². The van der Waals surface area contributed by atoms with Crippen molar-refractivity contribution in [2.45, 2.75) is 108 Å². The lowest BCUT2D eigenvalue weighted by molar-refractivity contribution is -0.122. The molecule has 0 unspecified atom stereocenters. The monoisotopic (exact) mass is 1040 g/mol. The van der Waals surface area contributed by atoms with Crippen molar-refractivity contribution in [3.63, 3.8) is 0 Å². The minimum Gasteiger partial charge on any atom is -0.489 e. The van der Waals surface area contributed by atoms with Crippen molar-refractivity contribution in [3.8, 4) is 5.75 Å². The first-order chi connectivity index (χ1) is 35.2. The van der Waals surface area contributed by atoms with Gasteiger partial charge in [-0.15, -0.1) is 0 Å². The number of nitrogens with one attached hydrogen (secondary N) is 4. The first kappa shape index (κ1) is 53.5. The van der Waals surface area contributed by atoms with E-state index in [0.29, 0.717) is 36.1 Å². The van der Waals surface area contributed by atoms with Crippen molar-refractivity contribution in [2.24, 2.45) is 0 Å². The second kappa shape index (κ2) is 24.9. The number of hydrogen-bond donors (Lipinski definition) is 4. The molecule has 4 N–H and O–H groups in total. The summed E-state index contributed by atoms with van der Waals surface area (Å²) in [5.41, 5.74) is 4.32. The Hall–Kier alpha value is -5.82. The summed E-state index contributed by atoms with van der Waals surface area (Å²) in [5, 5.41) is 12.9. The number of hydrogen-bond acceptors (Lipinski definition) is 15. The van der Waals surface area contributed by atoms with E-state index in [-0.39, 0.29) is 45.6 Å². The molecule has 0 radical (unpaired) electrons. The summed E-state index contributed by atoms with van der Waals surface area (Å²) >= 11 is 6.53. The van der Waals surface area contributed by atoms with Crippen LogP contribution in [0.15, 0.2) is 84.1 Å². The fraction of sp³-hybridized carbons (Fsp3) is 0.500. The Bertz CT molecular complexity index is 2750. The average Bonchev–Trinajstić information content (AvgIpc) is 3.37. The van der Waals surface area contributed by atoms with Crippen LogP contribution in [-0.2, 0) is 14.6 Å². The number of piperidine rings is 2. The molecule has 0 bridgehead atoms. The number of carbonyl (C=O) groups excluding carboxylic acids is 1. The number of likely N-dealkylation sites (tertiary alicyclic amines) is 1. The van der Waals surface area contributed by atoms with Crippen molar-refractivity contribution in [3.05, 3.63) is 101 Å². The molecular formula is C54H72ClFN12O4S. The van der Waals surface area contributed by atoms with Gasteiger partial charge in [0.1, 0.15) is 34.6 Å². The number of para-hydroxylation sites is 1. The average molecular weight is 1040 g/mol. The Balaban J connectivity index is 0.736. The summed E-state index contributed by atoms with van der Waals surface area (Å²) in [6, 6.07) is 20.0. The van der Waals surface area contributed by atoms with Crippen LogP contribution in [0.1, 0.15) is 89.7 Å². The van der Waals surface area contributed by atoms with Gasteiger partial charge in [0.25, 0.3) is 0 Å². The number of amides is 1. The summed E-state index contributed by atoms with van der Waals surface area (Å²) in [5.74, 6) is 3.16. The zero-order valence-electron chi connectivity index (χ0n) is 42.9. The number of aryl methyl sites for hydroxylation is 1. The lowest BCUT2D eigenvalue weighted by Crippen LogP contribution is -2.47. The molecule has 1 amide bonds. The van der Waals surface area contributed by atoms with Gasteiger partial charge in [-0.05, 0) is 152 Å². The molecular weight excluding hydrogens is 967 g/mol. The molecule has 392 valence electrons. The van der Waals surface area contributed by atoms with Crippen LogP contribution in [-0.4, -0.2) is 133 Å². The number of ether oxygens (including phenoxy) is 1. The third-order valence-corrected chi connectivity index (χ3v) is 16.4. The van der Waals surface area contributed by atoms with Gasteiger partial charge in [0.05, 0.1) is 40.4 Å². The second-order valence-corrected chi connectivity index (χ2v) is 22.9. The van der Waals surface area contributed by atoms with Gasteiger partial charge < -0.3 is 35.8 Å². The largest absolute Gasteiger partial charge is 0.489 e. The first-order valence-electron chi connectivity index (χ1n) is 25.9. The van der Waals surface area contributed by atoms with E-state index in [1.807, 2.05) is 19.9 Å². The number of halogens is 2. The molecule has 2 aromatic heterocycles. The van der Waals surface area contributed by atoms with Gasteiger partial charge in [0.2, 0.25) is 11.9 Å². The molecule has 1 atom stereocenters. The molecule has 5 heterocycles. The highest BCUT2D eigenvalue weighted by atomic mass is 35.5. The van der Waals surface area contributed by atoms with Crippen LogP contribution < -0.4 is 35.8 Å². The maximum absolute atomic E-state index is 13.9. The Kier molecular flexibility index (Phi) is 18.3. The molecule has 0 spiro atoms. The first-order valence-corrected chi connectivity index (χ1v) is 27.9. The maximum Gasteiger partial charge on any atom is 0.234 e. The SMILES string of the molecule is Cc1cc(Nc2ncc(Cl)c(Nc3ccccc3S(=O)(=O)C(C)C)n2)c(OC(C)C)cc1C1CCN(CC(=O)NCCCCCN2CCN(c3cc(N[C@@H]4CCCN(c5cccc(F)c5)C4)ncn3)CC2)CC1. The van der Waals surface area contributed by atoms with E-state index in [1.165, 1.54) is 17.8 Å². The van der Waals surface area contributed by atoms with Crippen molar-refractivity contribution in [1.82, 2.24) is 35.1 Å². The maximum atomic E-state index is 13.9. The van der Waals surface area contributed by atoms with Crippen LogP contribution in [0, 0.1) is 12.7 Å². The Morgan fingerprint density at radius 1 is 0.836 bits per heavy atom. The van der Waals surface area contributed by atoms with Gasteiger partial charge in [-0.25, -0.2) is 27.8 Å². The highest BCUT2D eigenvalue weighted by Gasteiger charge is 2.27. The van der Waals surface area contributed by atoms with Crippen LogP contribution in [0.5, 0.6) is 5.75 Å². The normalized spacial score (nSPS) is 17.2. The molecule has 8 rings (SSSR count). The van der Waals surface area contributed by atoms with E-state index in [4.69, 9.17) is 16.3 Å². The van der Waals surface area contributed by atoms with Gasteiger partial charge >= 0.3 is 0 Å². The van der Waals surface area contributed by atoms with Crippen LogP contribution in [0.25, 0.3) is 0 Å². The molecule has 3 fully saturated rings. The van der Waals surface area contributed by atoms with Crippen LogP contribution in [0.2, 0.25) is 5.02 Å². The quantitative estimate of drug-likeness (QED) is 0.0512. The van der Waals surface area contributed by atoms with E-state index in [9.17, 15) is 17.6 Å². The molecule has 16 nitrogen and oxygen atoms in total. The van der Waals surface area contributed by atoms with Crippen molar-refractivity contribution < 1.29 is 22.3 Å². The molecule has 5 aromatic rings. The summed E-state index contributed by atoms with van der Waals surface area (Å²) in [4.78, 5) is 40.7. The predicted molar refractivity (Wildman–Crippen MR) is 291 cm³/mol. The van der Waals surface area contributed by atoms with Crippen molar-refractivity contribution in [1.29, 1.82) is 0 Å². The number of nitrogens with zero attached hydrogens (tertiary/aromatic N) is 8. The third kappa shape index (κ3) is 14.5. The van der Waals surface area contributed by atoms with Gasteiger partial charge in [0, 0.05) is 63.6 Å². The highest BCUT2D eigenvalue weighted by Crippen LogP contribution is 2.39. The summed E-state index contributed by atoms with van der Waals surface area (Å²) < 4.78 is 46.5. The second-order valence-electron chi connectivity index (χ2n) is 20.1. The molecule has 0 aliphatic carbocycles.